The summed E-state index contributed by atoms with van der Waals surface area (Å²) >= 11 is 0. The van der Waals surface area contributed by atoms with E-state index in [9.17, 15) is 4.79 Å². The first kappa shape index (κ1) is 11.4. The largest absolute Gasteiger partial charge is 0.383 e. The Balaban J connectivity index is 3.22. The molecule has 0 bridgehead atoms. The Morgan fingerprint density at radius 1 is 1.50 bits per heavy atom. The standard InChI is InChI=1S/C8H17NO3/c1-7(2)12-6-8(10)9-4-5-11-3/h7H,4-6H2,1-3H3,(H,9,10). The highest BCUT2D eigenvalue weighted by molar-refractivity contribution is 5.77. The van der Waals surface area contributed by atoms with E-state index in [1.54, 1.807) is 7.11 Å². The van der Waals surface area contributed by atoms with Gasteiger partial charge in [-0.15, -0.1) is 0 Å². The molecule has 12 heavy (non-hydrogen) atoms. The molecule has 0 saturated carbocycles. The lowest BCUT2D eigenvalue weighted by Crippen LogP contribution is -2.31. The minimum absolute atomic E-state index is 0.0955. The molecule has 0 aliphatic carbocycles. The summed E-state index contributed by atoms with van der Waals surface area (Å²) in [5.74, 6) is -0.0965. The molecule has 72 valence electrons. The van der Waals surface area contributed by atoms with Gasteiger partial charge in [0, 0.05) is 13.7 Å². The van der Waals surface area contributed by atoms with Crippen molar-refractivity contribution in [2.75, 3.05) is 26.9 Å². The average molecular weight is 175 g/mol. The van der Waals surface area contributed by atoms with E-state index in [0.29, 0.717) is 13.2 Å². The molecule has 0 aliphatic heterocycles. The van der Waals surface area contributed by atoms with Crippen LogP contribution in [0.4, 0.5) is 0 Å². The zero-order valence-electron chi connectivity index (χ0n) is 7.92. The molecule has 1 N–H and O–H groups in total. The summed E-state index contributed by atoms with van der Waals surface area (Å²) in [4.78, 5) is 10.9. The summed E-state index contributed by atoms with van der Waals surface area (Å²) in [5, 5.41) is 2.65. The van der Waals surface area contributed by atoms with E-state index < -0.39 is 0 Å². The number of rotatable bonds is 6. The second kappa shape index (κ2) is 7.06. The number of nitrogens with one attached hydrogen (secondary N) is 1. The van der Waals surface area contributed by atoms with E-state index in [4.69, 9.17) is 9.47 Å². The highest BCUT2D eigenvalue weighted by atomic mass is 16.5. The van der Waals surface area contributed by atoms with Crippen molar-refractivity contribution in [3.05, 3.63) is 0 Å². The number of hydrogen-bond acceptors (Lipinski definition) is 3. The molecule has 1 amide bonds. The van der Waals surface area contributed by atoms with E-state index in [1.807, 2.05) is 13.8 Å². The van der Waals surface area contributed by atoms with Crippen LogP contribution in [0.5, 0.6) is 0 Å². The van der Waals surface area contributed by atoms with Gasteiger partial charge in [-0.2, -0.15) is 0 Å². The van der Waals surface area contributed by atoms with Gasteiger partial charge in [0.2, 0.25) is 5.91 Å². The molecule has 0 heterocycles. The van der Waals surface area contributed by atoms with Crippen LogP contribution in [0.1, 0.15) is 13.8 Å². The lowest BCUT2D eigenvalue weighted by Gasteiger charge is -2.07. The van der Waals surface area contributed by atoms with Crippen LogP contribution in [0.2, 0.25) is 0 Å². The summed E-state index contributed by atoms with van der Waals surface area (Å²) in [6.45, 7) is 4.98. The molecular weight excluding hydrogens is 158 g/mol. The van der Waals surface area contributed by atoms with Gasteiger partial charge in [-0.05, 0) is 13.8 Å². The Kier molecular flexibility index (Phi) is 6.70. The summed E-state index contributed by atoms with van der Waals surface area (Å²) in [6, 6.07) is 0. The first-order valence-electron chi connectivity index (χ1n) is 4.04. The Morgan fingerprint density at radius 2 is 2.17 bits per heavy atom. The first-order valence-corrected chi connectivity index (χ1v) is 4.04. The van der Waals surface area contributed by atoms with Crippen molar-refractivity contribution in [2.45, 2.75) is 20.0 Å². The molecule has 0 fully saturated rings. The Morgan fingerprint density at radius 3 is 2.67 bits per heavy atom. The van der Waals surface area contributed by atoms with Crippen molar-refractivity contribution >= 4 is 5.91 Å². The maximum atomic E-state index is 10.9. The summed E-state index contributed by atoms with van der Waals surface area (Å²) < 4.78 is 9.84. The molecule has 0 spiro atoms. The van der Waals surface area contributed by atoms with E-state index in [2.05, 4.69) is 5.32 Å². The second-order valence-corrected chi connectivity index (χ2v) is 2.70. The van der Waals surface area contributed by atoms with Gasteiger partial charge in [0.05, 0.1) is 12.7 Å². The van der Waals surface area contributed by atoms with Gasteiger partial charge in [0.15, 0.2) is 0 Å². The van der Waals surface area contributed by atoms with Gasteiger partial charge < -0.3 is 14.8 Å². The summed E-state index contributed by atoms with van der Waals surface area (Å²) in [6.07, 6.45) is 0.0955. The van der Waals surface area contributed by atoms with Crippen LogP contribution in [-0.2, 0) is 14.3 Å². The van der Waals surface area contributed by atoms with Crippen molar-refractivity contribution in [1.82, 2.24) is 5.32 Å². The predicted molar refractivity (Wildman–Crippen MR) is 46.0 cm³/mol. The van der Waals surface area contributed by atoms with Crippen LogP contribution in [0.15, 0.2) is 0 Å². The minimum atomic E-state index is -0.0965. The van der Waals surface area contributed by atoms with E-state index in [-0.39, 0.29) is 18.6 Å². The fraction of sp³-hybridized carbons (Fsp3) is 0.875. The molecule has 0 aliphatic rings. The molecule has 0 aromatic rings. The number of carbonyl (C=O) groups is 1. The lowest BCUT2D eigenvalue weighted by atomic mass is 10.5. The Hall–Kier alpha value is -0.610. The molecule has 4 nitrogen and oxygen atoms in total. The van der Waals surface area contributed by atoms with Crippen molar-refractivity contribution in [1.29, 1.82) is 0 Å². The van der Waals surface area contributed by atoms with Crippen molar-refractivity contribution in [3.63, 3.8) is 0 Å². The molecule has 4 heteroatoms. The molecule has 0 saturated heterocycles. The fourth-order valence-corrected chi connectivity index (χ4v) is 0.586. The smallest absolute Gasteiger partial charge is 0.246 e. The zero-order valence-corrected chi connectivity index (χ0v) is 7.92. The quantitative estimate of drug-likeness (QED) is 0.585. The van der Waals surface area contributed by atoms with Gasteiger partial charge >= 0.3 is 0 Å². The topological polar surface area (TPSA) is 47.6 Å². The van der Waals surface area contributed by atoms with E-state index in [0.717, 1.165) is 0 Å². The first-order chi connectivity index (χ1) is 5.66. The predicted octanol–water partition coefficient (Wildman–Crippen LogP) is 0.174. The lowest BCUT2D eigenvalue weighted by molar-refractivity contribution is -0.127. The molecular formula is C8H17NO3. The second-order valence-electron chi connectivity index (χ2n) is 2.70. The molecule has 0 unspecified atom stereocenters. The maximum absolute atomic E-state index is 10.9. The number of ether oxygens (including phenoxy) is 2. The van der Waals surface area contributed by atoms with Crippen molar-refractivity contribution in [2.24, 2.45) is 0 Å². The van der Waals surface area contributed by atoms with Gasteiger partial charge in [-0.3, -0.25) is 4.79 Å². The normalized spacial score (nSPS) is 10.3. The Bertz CT molecular complexity index is 125. The highest BCUT2D eigenvalue weighted by Crippen LogP contribution is 1.85. The van der Waals surface area contributed by atoms with Crippen LogP contribution in [-0.4, -0.2) is 38.9 Å². The third-order valence-corrected chi connectivity index (χ3v) is 1.18. The molecule has 0 atom stereocenters. The molecule has 0 radical (unpaired) electrons. The van der Waals surface area contributed by atoms with E-state index in [1.165, 1.54) is 0 Å². The average Bonchev–Trinajstić information content (AvgIpc) is 2.01. The Labute approximate surface area is 73.2 Å². The van der Waals surface area contributed by atoms with Crippen LogP contribution in [0, 0.1) is 0 Å². The molecule has 0 aromatic heterocycles. The third kappa shape index (κ3) is 7.50. The van der Waals surface area contributed by atoms with Gasteiger partial charge in [-0.25, -0.2) is 0 Å². The SMILES string of the molecule is COCCNC(=O)COC(C)C. The van der Waals surface area contributed by atoms with Crippen LogP contribution >= 0.6 is 0 Å². The third-order valence-electron chi connectivity index (χ3n) is 1.18. The number of hydrogen-bond donors (Lipinski definition) is 1. The van der Waals surface area contributed by atoms with Crippen LogP contribution < -0.4 is 5.32 Å². The minimum Gasteiger partial charge on any atom is -0.383 e. The van der Waals surface area contributed by atoms with Crippen LogP contribution in [0.25, 0.3) is 0 Å². The summed E-state index contributed by atoms with van der Waals surface area (Å²) in [5.41, 5.74) is 0. The van der Waals surface area contributed by atoms with Crippen molar-refractivity contribution in [3.8, 4) is 0 Å². The van der Waals surface area contributed by atoms with Crippen LogP contribution in [0.3, 0.4) is 0 Å². The van der Waals surface area contributed by atoms with Gasteiger partial charge in [-0.1, -0.05) is 0 Å². The number of methoxy groups -OCH3 is 1. The van der Waals surface area contributed by atoms with Gasteiger partial charge in [0.25, 0.3) is 0 Å². The number of carbonyl (C=O) groups excluding carboxylic acids is 1. The fourth-order valence-electron chi connectivity index (χ4n) is 0.586. The maximum Gasteiger partial charge on any atom is 0.246 e. The monoisotopic (exact) mass is 175 g/mol. The van der Waals surface area contributed by atoms with E-state index >= 15 is 0 Å². The van der Waals surface area contributed by atoms with Crippen molar-refractivity contribution < 1.29 is 14.3 Å². The van der Waals surface area contributed by atoms with Gasteiger partial charge in [0.1, 0.15) is 6.61 Å². The molecule has 0 aromatic carbocycles. The molecule has 0 rings (SSSR count). The number of amides is 1. The highest BCUT2D eigenvalue weighted by Gasteiger charge is 2.01. The summed E-state index contributed by atoms with van der Waals surface area (Å²) in [7, 11) is 1.59. The zero-order chi connectivity index (χ0) is 9.40.